The second-order valence-corrected chi connectivity index (χ2v) is 5.95. The van der Waals surface area contributed by atoms with Gasteiger partial charge in [-0.25, -0.2) is 8.42 Å². The lowest BCUT2D eigenvalue weighted by Gasteiger charge is -2.10. The molecule has 0 heterocycles. The molecular formula is C13H9F3N2O4S. The number of sulfonamides is 1. The Morgan fingerprint density at radius 1 is 0.957 bits per heavy atom. The molecule has 0 aliphatic carbocycles. The van der Waals surface area contributed by atoms with Gasteiger partial charge in [0.1, 0.15) is 11.4 Å². The molecule has 2 rings (SSSR count). The summed E-state index contributed by atoms with van der Waals surface area (Å²) in [5, 5.41) is 2.67. The lowest BCUT2D eigenvalue weighted by Crippen LogP contribution is -2.17. The first kappa shape index (κ1) is 16.7. The number of nitrogens with zero attached hydrogens (tertiary/aromatic N) is 1. The highest BCUT2D eigenvalue weighted by molar-refractivity contribution is 7.92. The summed E-state index contributed by atoms with van der Waals surface area (Å²) in [6, 6.07) is 9.01. The zero-order valence-electron chi connectivity index (χ0n) is 11.2. The quantitative estimate of drug-likeness (QED) is 0.835. The molecule has 0 amide bonds. The van der Waals surface area contributed by atoms with Crippen LogP contribution in [0.1, 0.15) is 0 Å². The number of hydrogen-bond donors (Lipinski definition) is 1. The highest BCUT2D eigenvalue weighted by Gasteiger charge is 2.31. The lowest BCUT2D eigenvalue weighted by molar-refractivity contribution is -0.274. The van der Waals surface area contributed by atoms with Crippen LogP contribution in [0.25, 0.3) is 0 Å². The molecule has 0 radical (unpaired) electrons. The second-order valence-electron chi connectivity index (χ2n) is 4.26. The van der Waals surface area contributed by atoms with Gasteiger partial charge in [0.15, 0.2) is 0 Å². The van der Waals surface area contributed by atoms with Crippen molar-refractivity contribution in [1.82, 2.24) is 0 Å². The van der Waals surface area contributed by atoms with E-state index in [4.69, 9.17) is 0 Å². The van der Waals surface area contributed by atoms with Gasteiger partial charge in [-0.05, 0) is 53.7 Å². The van der Waals surface area contributed by atoms with E-state index in [1.54, 1.807) is 0 Å². The van der Waals surface area contributed by atoms with E-state index in [9.17, 15) is 26.5 Å². The summed E-state index contributed by atoms with van der Waals surface area (Å²) < 4.78 is 66.2. The van der Waals surface area contributed by atoms with Crippen LogP contribution in [-0.4, -0.2) is 14.8 Å². The summed E-state index contributed by atoms with van der Waals surface area (Å²) in [5.41, 5.74) is 0.301. The molecule has 2 aromatic rings. The average Bonchev–Trinajstić information content (AvgIpc) is 2.46. The molecule has 0 saturated carbocycles. The van der Waals surface area contributed by atoms with Gasteiger partial charge in [-0.1, -0.05) is 0 Å². The van der Waals surface area contributed by atoms with Crippen LogP contribution >= 0.6 is 0 Å². The minimum absolute atomic E-state index is 0.126. The summed E-state index contributed by atoms with van der Waals surface area (Å²) in [6.45, 7) is 0. The average molecular weight is 346 g/mol. The number of hydrogen-bond acceptors (Lipinski definition) is 5. The number of alkyl halides is 3. The third-order valence-electron chi connectivity index (χ3n) is 2.59. The first-order valence-electron chi connectivity index (χ1n) is 6.02. The van der Waals surface area contributed by atoms with Gasteiger partial charge in [-0.15, -0.1) is 18.1 Å². The Morgan fingerprint density at radius 3 is 2.00 bits per heavy atom. The summed E-state index contributed by atoms with van der Waals surface area (Å²) in [6.07, 6.45) is -4.85. The maximum Gasteiger partial charge on any atom is 0.573 e. The fourth-order valence-electron chi connectivity index (χ4n) is 1.62. The standard InChI is InChI=1S/C13H9F3N2O4S/c14-13(15,16)22-11-5-7-12(8-6-11)23(20,21)18-10-3-1-9(17-19)2-4-10/h1-8,18H. The van der Waals surface area contributed by atoms with E-state index in [-0.39, 0.29) is 16.3 Å². The van der Waals surface area contributed by atoms with Gasteiger partial charge in [0.05, 0.1) is 4.90 Å². The molecule has 0 aliphatic heterocycles. The van der Waals surface area contributed by atoms with Gasteiger partial charge < -0.3 is 4.74 Å². The SMILES string of the molecule is O=Nc1ccc(NS(=O)(=O)c2ccc(OC(F)(F)F)cc2)cc1. The van der Waals surface area contributed by atoms with E-state index < -0.39 is 22.1 Å². The van der Waals surface area contributed by atoms with Crippen LogP contribution in [0.5, 0.6) is 5.75 Å². The molecule has 23 heavy (non-hydrogen) atoms. The van der Waals surface area contributed by atoms with Crippen LogP contribution in [0.15, 0.2) is 58.6 Å². The number of anilines is 1. The molecule has 0 aliphatic rings. The van der Waals surface area contributed by atoms with Crippen LogP contribution < -0.4 is 9.46 Å². The van der Waals surface area contributed by atoms with E-state index in [2.05, 4.69) is 14.6 Å². The number of rotatable bonds is 5. The topological polar surface area (TPSA) is 84.8 Å². The zero-order chi connectivity index (χ0) is 17.1. The molecule has 0 saturated heterocycles. The Morgan fingerprint density at radius 2 is 1.52 bits per heavy atom. The van der Waals surface area contributed by atoms with Gasteiger partial charge in [0, 0.05) is 5.69 Å². The van der Waals surface area contributed by atoms with Gasteiger partial charge >= 0.3 is 6.36 Å². The monoisotopic (exact) mass is 346 g/mol. The Labute approximate surface area is 128 Å². The first-order chi connectivity index (χ1) is 10.7. The van der Waals surface area contributed by atoms with Crippen LogP contribution in [0, 0.1) is 4.91 Å². The highest BCUT2D eigenvalue weighted by atomic mass is 32.2. The second kappa shape index (κ2) is 6.24. The van der Waals surface area contributed by atoms with Gasteiger partial charge in [-0.2, -0.15) is 0 Å². The van der Waals surface area contributed by atoms with Gasteiger partial charge in [0.2, 0.25) is 0 Å². The normalized spacial score (nSPS) is 11.8. The maximum atomic E-state index is 12.1. The maximum absolute atomic E-state index is 12.1. The van der Waals surface area contributed by atoms with Crippen molar-refractivity contribution in [3.63, 3.8) is 0 Å². The summed E-state index contributed by atoms with van der Waals surface area (Å²) in [5.74, 6) is -0.530. The molecule has 0 bridgehead atoms. The Kier molecular flexibility index (Phi) is 4.55. The lowest BCUT2D eigenvalue weighted by atomic mass is 10.3. The van der Waals surface area contributed by atoms with E-state index in [1.165, 1.54) is 24.3 Å². The summed E-state index contributed by atoms with van der Waals surface area (Å²) in [7, 11) is -3.99. The minimum Gasteiger partial charge on any atom is -0.406 e. The molecule has 0 aromatic heterocycles. The molecule has 10 heteroatoms. The molecule has 6 nitrogen and oxygen atoms in total. The van der Waals surface area contributed by atoms with E-state index in [1.807, 2.05) is 0 Å². The Bertz CT molecular complexity index is 787. The molecule has 2 aromatic carbocycles. The van der Waals surface area contributed by atoms with Crippen molar-refractivity contribution in [3.8, 4) is 5.75 Å². The molecule has 122 valence electrons. The molecule has 0 fully saturated rings. The van der Waals surface area contributed by atoms with Crippen molar-refractivity contribution in [2.24, 2.45) is 5.18 Å². The van der Waals surface area contributed by atoms with E-state index >= 15 is 0 Å². The van der Waals surface area contributed by atoms with Crippen molar-refractivity contribution < 1.29 is 26.3 Å². The minimum atomic E-state index is -4.85. The highest BCUT2D eigenvalue weighted by Crippen LogP contribution is 2.25. The fraction of sp³-hybridized carbons (Fsp3) is 0.0769. The predicted molar refractivity (Wildman–Crippen MR) is 75.8 cm³/mol. The zero-order valence-corrected chi connectivity index (χ0v) is 12.1. The third-order valence-corrected chi connectivity index (χ3v) is 3.99. The predicted octanol–water partition coefficient (Wildman–Crippen LogP) is 3.78. The Balaban J connectivity index is 2.16. The molecular weight excluding hydrogens is 337 g/mol. The number of ether oxygens (including phenoxy) is 1. The van der Waals surface area contributed by atoms with Crippen LogP contribution in [0.2, 0.25) is 0 Å². The molecule has 1 N–H and O–H groups in total. The summed E-state index contributed by atoms with van der Waals surface area (Å²) in [4.78, 5) is 10.0. The van der Waals surface area contributed by atoms with Gasteiger partial charge in [-0.3, -0.25) is 4.72 Å². The van der Waals surface area contributed by atoms with Crippen LogP contribution in [0.3, 0.4) is 0 Å². The van der Waals surface area contributed by atoms with Crippen molar-refractivity contribution in [1.29, 1.82) is 0 Å². The fourth-order valence-corrected chi connectivity index (χ4v) is 2.68. The molecule has 0 atom stereocenters. The Hall–Kier alpha value is -2.62. The van der Waals surface area contributed by atoms with E-state index in [0.717, 1.165) is 24.3 Å². The molecule has 0 unspecified atom stereocenters. The smallest absolute Gasteiger partial charge is 0.406 e. The van der Waals surface area contributed by atoms with Crippen LogP contribution in [-0.2, 0) is 10.0 Å². The van der Waals surface area contributed by atoms with Crippen molar-refractivity contribution in [3.05, 3.63) is 53.4 Å². The summed E-state index contributed by atoms with van der Waals surface area (Å²) >= 11 is 0. The van der Waals surface area contributed by atoms with E-state index in [0.29, 0.717) is 0 Å². The molecule has 0 spiro atoms. The van der Waals surface area contributed by atoms with Crippen LogP contribution in [0.4, 0.5) is 24.5 Å². The largest absolute Gasteiger partial charge is 0.573 e. The van der Waals surface area contributed by atoms with Crippen molar-refractivity contribution in [2.75, 3.05) is 4.72 Å². The number of nitroso groups, excluding NO2 is 1. The first-order valence-corrected chi connectivity index (χ1v) is 7.50. The number of halogens is 3. The number of nitrogens with one attached hydrogen (secondary N) is 1. The third kappa shape index (κ3) is 4.68. The van der Waals surface area contributed by atoms with Gasteiger partial charge in [0.25, 0.3) is 10.0 Å². The van der Waals surface area contributed by atoms with Crippen molar-refractivity contribution in [2.45, 2.75) is 11.3 Å². The van der Waals surface area contributed by atoms with Crippen molar-refractivity contribution >= 4 is 21.4 Å². The number of benzene rings is 2.